The molecule has 0 bridgehead atoms. The molecular formula is C20H22ClN7O3S. The summed E-state index contributed by atoms with van der Waals surface area (Å²) in [4.78, 5) is 47.8. The molecule has 0 aromatic carbocycles. The summed E-state index contributed by atoms with van der Waals surface area (Å²) in [5, 5.41) is 7.84. The van der Waals surface area contributed by atoms with Crippen LogP contribution in [-0.4, -0.2) is 62.7 Å². The molecule has 1 aliphatic heterocycles. The summed E-state index contributed by atoms with van der Waals surface area (Å²) in [5.41, 5.74) is 7.24. The Morgan fingerprint density at radius 2 is 2.03 bits per heavy atom. The Balaban J connectivity index is 1.54. The monoisotopic (exact) mass is 475 g/mol. The molecule has 32 heavy (non-hydrogen) atoms. The lowest BCUT2D eigenvalue weighted by Crippen LogP contribution is -2.43. The summed E-state index contributed by atoms with van der Waals surface area (Å²) in [6.45, 7) is 1.94. The lowest BCUT2D eigenvalue weighted by Gasteiger charge is -2.21. The number of imidazole rings is 1. The van der Waals surface area contributed by atoms with Crippen molar-refractivity contribution in [3.05, 3.63) is 51.3 Å². The van der Waals surface area contributed by atoms with Gasteiger partial charge in [0.2, 0.25) is 5.91 Å². The molecule has 3 aromatic heterocycles. The Kier molecular flexibility index (Phi) is 6.13. The summed E-state index contributed by atoms with van der Waals surface area (Å²) in [5.74, 6) is -1.03. The van der Waals surface area contributed by atoms with E-state index in [4.69, 9.17) is 17.3 Å². The quantitative estimate of drug-likeness (QED) is 0.508. The van der Waals surface area contributed by atoms with Crippen molar-refractivity contribution in [2.24, 2.45) is 5.73 Å². The fraction of sp³-hybridized carbons (Fsp3) is 0.350. The predicted molar refractivity (Wildman–Crippen MR) is 120 cm³/mol. The Hall–Kier alpha value is -3.02. The van der Waals surface area contributed by atoms with Gasteiger partial charge >= 0.3 is 0 Å². The first-order valence-corrected chi connectivity index (χ1v) is 11.2. The molecule has 4 rings (SSSR count). The van der Waals surface area contributed by atoms with Crippen LogP contribution in [0.1, 0.15) is 45.4 Å². The van der Waals surface area contributed by atoms with Gasteiger partial charge in [-0.2, -0.15) is 0 Å². The minimum absolute atomic E-state index is 0.191. The van der Waals surface area contributed by atoms with Gasteiger partial charge in [-0.1, -0.05) is 11.6 Å². The standard InChI is InChI=1S/C20H22ClN7O3S/c1-10(17(29)23-2)24-18(30)14-9-32-19(26-14)15-5-12(22)7-28(15)20(31)13-8-27-6-11(21)3-4-16(27)25-13/h3-4,6,8-10,12,15H,5,7,22H2,1-2H3,(H,23,29)(H,24,30)/t10-,12-,15+/m0/s1. The number of pyridine rings is 1. The Labute approximate surface area is 192 Å². The van der Waals surface area contributed by atoms with E-state index in [0.29, 0.717) is 28.6 Å². The number of nitrogens with two attached hydrogens (primary N) is 1. The molecule has 1 aliphatic rings. The zero-order valence-electron chi connectivity index (χ0n) is 17.4. The Bertz CT molecular complexity index is 1190. The minimum atomic E-state index is -0.695. The molecule has 3 atom stereocenters. The number of fused-ring (bicyclic) bond motifs is 1. The molecule has 10 nitrogen and oxygen atoms in total. The normalized spacial score (nSPS) is 19.2. The van der Waals surface area contributed by atoms with E-state index in [1.807, 2.05) is 0 Å². The molecule has 0 aliphatic carbocycles. The van der Waals surface area contributed by atoms with E-state index in [1.54, 1.807) is 46.1 Å². The van der Waals surface area contributed by atoms with Gasteiger partial charge in [-0.25, -0.2) is 9.97 Å². The second kappa shape index (κ2) is 8.85. The molecular weight excluding hydrogens is 454 g/mol. The highest BCUT2D eigenvalue weighted by atomic mass is 35.5. The van der Waals surface area contributed by atoms with E-state index in [9.17, 15) is 14.4 Å². The van der Waals surface area contributed by atoms with Crippen LogP contribution in [0, 0.1) is 0 Å². The van der Waals surface area contributed by atoms with Gasteiger partial charge in [0.15, 0.2) is 0 Å². The van der Waals surface area contributed by atoms with Crippen LogP contribution in [-0.2, 0) is 4.79 Å². The smallest absolute Gasteiger partial charge is 0.274 e. The zero-order chi connectivity index (χ0) is 23.0. The second-order valence-electron chi connectivity index (χ2n) is 7.59. The molecule has 0 saturated carbocycles. The first kappa shape index (κ1) is 22.2. The van der Waals surface area contributed by atoms with Crippen molar-refractivity contribution in [1.82, 2.24) is 29.9 Å². The molecule has 1 fully saturated rings. The maximum atomic E-state index is 13.2. The molecule has 4 N–H and O–H groups in total. The van der Waals surface area contributed by atoms with Gasteiger partial charge < -0.3 is 25.7 Å². The van der Waals surface area contributed by atoms with Crippen molar-refractivity contribution in [3.8, 4) is 0 Å². The number of hydrogen-bond acceptors (Lipinski definition) is 7. The molecule has 0 spiro atoms. The number of likely N-dealkylation sites (N-methyl/N-ethyl adjacent to an activating group) is 1. The number of nitrogens with one attached hydrogen (secondary N) is 2. The summed E-state index contributed by atoms with van der Waals surface area (Å²) in [6, 6.07) is 2.16. The average molecular weight is 476 g/mol. The van der Waals surface area contributed by atoms with Gasteiger partial charge in [-0.3, -0.25) is 14.4 Å². The van der Waals surface area contributed by atoms with Crippen LogP contribution in [0.5, 0.6) is 0 Å². The average Bonchev–Trinajstić information content (AvgIpc) is 3.49. The van der Waals surface area contributed by atoms with Crippen LogP contribution in [0.4, 0.5) is 0 Å². The number of aromatic nitrogens is 3. The van der Waals surface area contributed by atoms with E-state index in [0.717, 1.165) is 0 Å². The van der Waals surface area contributed by atoms with E-state index in [2.05, 4.69) is 20.6 Å². The second-order valence-corrected chi connectivity index (χ2v) is 8.91. The largest absolute Gasteiger partial charge is 0.357 e. The fourth-order valence-electron chi connectivity index (χ4n) is 3.64. The van der Waals surface area contributed by atoms with Crippen molar-refractivity contribution in [3.63, 3.8) is 0 Å². The van der Waals surface area contributed by atoms with Crippen LogP contribution >= 0.6 is 22.9 Å². The summed E-state index contributed by atoms with van der Waals surface area (Å²) >= 11 is 7.30. The first-order valence-electron chi connectivity index (χ1n) is 9.95. The van der Waals surface area contributed by atoms with Gasteiger partial charge in [0.1, 0.15) is 28.1 Å². The Morgan fingerprint density at radius 1 is 1.25 bits per heavy atom. The zero-order valence-corrected chi connectivity index (χ0v) is 19.0. The van der Waals surface area contributed by atoms with Crippen molar-refractivity contribution < 1.29 is 14.4 Å². The predicted octanol–water partition coefficient (Wildman–Crippen LogP) is 1.22. The molecule has 4 heterocycles. The van der Waals surface area contributed by atoms with Crippen LogP contribution in [0.2, 0.25) is 5.02 Å². The number of rotatable bonds is 5. The van der Waals surface area contributed by atoms with E-state index >= 15 is 0 Å². The number of hydrogen-bond donors (Lipinski definition) is 3. The van der Waals surface area contributed by atoms with Crippen LogP contribution in [0.15, 0.2) is 29.9 Å². The SMILES string of the molecule is CNC(=O)[C@H](C)NC(=O)c1csc([C@H]2C[C@H](N)CN2C(=O)c2cn3cc(Cl)ccc3n2)n1. The van der Waals surface area contributed by atoms with Gasteiger partial charge in [-0.05, 0) is 25.5 Å². The maximum Gasteiger partial charge on any atom is 0.274 e. The number of carbonyl (C=O) groups excluding carboxylic acids is 3. The Morgan fingerprint density at radius 3 is 2.78 bits per heavy atom. The molecule has 168 valence electrons. The number of amides is 3. The molecule has 1 saturated heterocycles. The van der Waals surface area contributed by atoms with E-state index in [1.165, 1.54) is 18.4 Å². The molecule has 0 unspecified atom stereocenters. The number of thiazole rings is 1. The van der Waals surface area contributed by atoms with E-state index < -0.39 is 11.9 Å². The first-order chi connectivity index (χ1) is 15.3. The molecule has 3 amide bonds. The summed E-state index contributed by atoms with van der Waals surface area (Å²) in [7, 11) is 1.50. The number of halogens is 1. The third-order valence-electron chi connectivity index (χ3n) is 5.26. The summed E-state index contributed by atoms with van der Waals surface area (Å²) in [6.07, 6.45) is 3.83. The van der Waals surface area contributed by atoms with E-state index in [-0.39, 0.29) is 35.3 Å². The van der Waals surface area contributed by atoms with Gasteiger partial charge in [0, 0.05) is 37.4 Å². The molecule has 0 radical (unpaired) electrons. The van der Waals surface area contributed by atoms with Crippen molar-refractivity contribution >= 4 is 46.3 Å². The van der Waals surface area contributed by atoms with Crippen LogP contribution in [0.25, 0.3) is 5.65 Å². The van der Waals surface area contributed by atoms with Gasteiger partial charge in [-0.15, -0.1) is 11.3 Å². The van der Waals surface area contributed by atoms with Gasteiger partial charge in [0.25, 0.3) is 11.8 Å². The van der Waals surface area contributed by atoms with Crippen LogP contribution < -0.4 is 16.4 Å². The number of nitrogens with zero attached hydrogens (tertiary/aromatic N) is 4. The molecule has 3 aromatic rings. The third kappa shape index (κ3) is 4.31. The summed E-state index contributed by atoms with van der Waals surface area (Å²) < 4.78 is 1.69. The van der Waals surface area contributed by atoms with Crippen molar-refractivity contribution in [1.29, 1.82) is 0 Å². The topological polar surface area (TPSA) is 135 Å². The highest BCUT2D eigenvalue weighted by molar-refractivity contribution is 7.09. The van der Waals surface area contributed by atoms with Crippen molar-refractivity contribution in [2.45, 2.75) is 31.5 Å². The lowest BCUT2D eigenvalue weighted by molar-refractivity contribution is -0.122. The highest BCUT2D eigenvalue weighted by Gasteiger charge is 2.38. The minimum Gasteiger partial charge on any atom is -0.357 e. The molecule has 12 heteroatoms. The van der Waals surface area contributed by atoms with Crippen LogP contribution in [0.3, 0.4) is 0 Å². The highest BCUT2D eigenvalue weighted by Crippen LogP contribution is 2.34. The van der Waals surface area contributed by atoms with Crippen molar-refractivity contribution in [2.75, 3.05) is 13.6 Å². The lowest BCUT2D eigenvalue weighted by atomic mass is 10.2. The van der Waals surface area contributed by atoms with Gasteiger partial charge in [0.05, 0.1) is 11.1 Å². The maximum absolute atomic E-state index is 13.2. The fourth-order valence-corrected chi connectivity index (χ4v) is 4.73. The number of likely N-dealkylation sites (tertiary alicyclic amines) is 1. The number of carbonyl (C=O) groups is 3. The third-order valence-corrected chi connectivity index (χ3v) is 6.42.